The van der Waals surface area contributed by atoms with Crippen LogP contribution in [0.2, 0.25) is 0 Å². The fraction of sp³-hybridized carbons (Fsp3) is 0.111. The summed E-state index contributed by atoms with van der Waals surface area (Å²) in [5, 5.41) is 1.93. The molecule has 0 unspecified atom stereocenters. The number of hydrogen-bond donors (Lipinski definition) is 0. The third-order valence-corrected chi connectivity index (χ3v) is 4.09. The van der Waals surface area contributed by atoms with Crippen LogP contribution >= 0.6 is 11.3 Å². The van der Waals surface area contributed by atoms with E-state index in [1.54, 1.807) is 6.08 Å². The highest BCUT2D eigenvalue weighted by Crippen LogP contribution is 2.22. The van der Waals surface area contributed by atoms with Crippen LogP contribution in [0.4, 0.5) is 0 Å². The Morgan fingerprint density at radius 3 is 2.73 bits per heavy atom. The van der Waals surface area contributed by atoms with Gasteiger partial charge in [0.15, 0.2) is 5.70 Å². The number of benzene rings is 1. The molecule has 0 aliphatic carbocycles. The van der Waals surface area contributed by atoms with E-state index in [1.165, 1.54) is 11.3 Å². The van der Waals surface area contributed by atoms with E-state index >= 15 is 0 Å². The number of ether oxygens (including phenoxy) is 1. The molecule has 0 atom stereocenters. The maximum Gasteiger partial charge on any atom is 0.363 e. The van der Waals surface area contributed by atoms with E-state index in [0.29, 0.717) is 11.6 Å². The zero-order valence-electron chi connectivity index (χ0n) is 12.2. The van der Waals surface area contributed by atoms with E-state index in [9.17, 15) is 4.79 Å². The third-order valence-electron chi connectivity index (χ3n) is 3.23. The number of esters is 1. The lowest BCUT2D eigenvalue weighted by molar-refractivity contribution is -0.130. The summed E-state index contributed by atoms with van der Waals surface area (Å²) in [5.74, 6) is -0.00257. The van der Waals surface area contributed by atoms with Gasteiger partial charge in [0.25, 0.3) is 0 Å². The second-order valence-electron chi connectivity index (χ2n) is 4.80. The van der Waals surface area contributed by atoms with Gasteiger partial charge in [0.2, 0.25) is 5.90 Å². The molecule has 22 heavy (non-hydrogen) atoms. The summed E-state index contributed by atoms with van der Waals surface area (Å²) in [4.78, 5) is 17.1. The second kappa shape index (κ2) is 6.54. The van der Waals surface area contributed by atoms with E-state index in [1.807, 2.05) is 47.8 Å². The predicted molar refractivity (Wildman–Crippen MR) is 89.7 cm³/mol. The van der Waals surface area contributed by atoms with Crippen LogP contribution in [0.1, 0.15) is 23.8 Å². The lowest BCUT2D eigenvalue weighted by Crippen LogP contribution is -2.03. The Labute approximate surface area is 133 Å². The van der Waals surface area contributed by atoms with Crippen molar-refractivity contribution >= 4 is 29.3 Å². The topological polar surface area (TPSA) is 38.7 Å². The minimum atomic E-state index is -0.393. The van der Waals surface area contributed by atoms with Gasteiger partial charge in [-0.25, -0.2) is 9.79 Å². The number of hydrogen-bond acceptors (Lipinski definition) is 4. The molecule has 0 saturated carbocycles. The Kier molecular flexibility index (Phi) is 4.30. The largest absolute Gasteiger partial charge is 0.401 e. The van der Waals surface area contributed by atoms with Crippen molar-refractivity contribution in [1.29, 1.82) is 0 Å². The molecule has 0 spiro atoms. The monoisotopic (exact) mass is 309 g/mol. The molecular weight excluding hydrogens is 294 g/mol. The maximum absolute atomic E-state index is 12.0. The number of carbonyl (C=O) groups excluding carboxylic acids is 1. The highest BCUT2D eigenvalue weighted by Gasteiger charge is 2.24. The molecular formula is C18H15NO2S. The molecule has 0 N–H and O–H groups in total. The zero-order chi connectivity index (χ0) is 15.4. The molecule has 1 aromatic carbocycles. The molecule has 0 fully saturated rings. The SMILES string of the molecule is CCC(=C/c1ccccc1)/C=C1/N=C(c2cccs2)OC1=O. The van der Waals surface area contributed by atoms with Crippen LogP contribution in [0.5, 0.6) is 0 Å². The molecule has 0 bridgehead atoms. The summed E-state index contributed by atoms with van der Waals surface area (Å²) in [5.41, 5.74) is 2.49. The minimum Gasteiger partial charge on any atom is -0.401 e. The van der Waals surface area contributed by atoms with Gasteiger partial charge in [-0.1, -0.05) is 49.4 Å². The molecule has 3 rings (SSSR count). The fourth-order valence-electron chi connectivity index (χ4n) is 2.10. The first-order chi connectivity index (χ1) is 10.8. The normalized spacial score (nSPS) is 16.8. The van der Waals surface area contributed by atoms with E-state index in [2.05, 4.69) is 18.0 Å². The van der Waals surface area contributed by atoms with Crippen molar-refractivity contribution in [3.05, 3.63) is 75.6 Å². The summed E-state index contributed by atoms with van der Waals surface area (Å²) in [6.45, 7) is 2.05. The summed E-state index contributed by atoms with van der Waals surface area (Å²) >= 11 is 1.50. The van der Waals surface area contributed by atoms with Gasteiger partial charge in [-0.2, -0.15) is 0 Å². The van der Waals surface area contributed by atoms with Crippen molar-refractivity contribution in [3.63, 3.8) is 0 Å². The Balaban J connectivity index is 1.89. The van der Waals surface area contributed by atoms with Crippen LogP contribution < -0.4 is 0 Å². The van der Waals surface area contributed by atoms with Crippen LogP contribution in [-0.4, -0.2) is 11.9 Å². The average molecular weight is 309 g/mol. The molecule has 0 saturated heterocycles. The van der Waals surface area contributed by atoms with E-state index in [-0.39, 0.29) is 0 Å². The molecule has 1 aromatic heterocycles. The summed E-state index contributed by atoms with van der Waals surface area (Å²) < 4.78 is 5.24. The van der Waals surface area contributed by atoms with Crippen LogP contribution in [0, 0.1) is 0 Å². The van der Waals surface area contributed by atoms with Crippen molar-refractivity contribution in [2.75, 3.05) is 0 Å². The smallest absolute Gasteiger partial charge is 0.363 e. The highest BCUT2D eigenvalue weighted by atomic mass is 32.1. The highest BCUT2D eigenvalue weighted by molar-refractivity contribution is 7.12. The van der Waals surface area contributed by atoms with Gasteiger partial charge >= 0.3 is 5.97 Å². The lowest BCUT2D eigenvalue weighted by atomic mass is 10.1. The third kappa shape index (κ3) is 3.23. The Morgan fingerprint density at radius 2 is 2.05 bits per heavy atom. The molecule has 3 nitrogen and oxygen atoms in total. The molecule has 1 aliphatic rings. The Morgan fingerprint density at radius 1 is 1.23 bits per heavy atom. The Hall–Kier alpha value is -2.46. The lowest BCUT2D eigenvalue weighted by Gasteiger charge is -1.99. The molecule has 1 aliphatic heterocycles. The van der Waals surface area contributed by atoms with Gasteiger partial charge in [-0.05, 0) is 35.1 Å². The fourth-order valence-corrected chi connectivity index (χ4v) is 2.75. The van der Waals surface area contributed by atoms with Crippen LogP contribution in [-0.2, 0) is 9.53 Å². The number of allylic oxidation sites excluding steroid dienone is 2. The molecule has 4 heteroatoms. The van der Waals surface area contributed by atoms with Crippen molar-refractivity contribution in [2.45, 2.75) is 13.3 Å². The zero-order valence-corrected chi connectivity index (χ0v) is 13.0. The molecule has 110 valence electrons. The van der Waals surface area contributed by atoms with Crippen molar-refractivity contribution in [3.8, 4) is 0 Å². The van der Waals surface area contributed by atoms with Crippen molar-refractivity contribution in [1.82, 2.24) is 0 Å². The van der Waals surface area contributed by atoms with Gasteiger partial charge in [0.1, 0.15) is 0 Å². The van der Waals surface area contributed by atoms with Gasteiger partial charge in [-0.3, -0.25) is 0 Å². The van der Waals surface area contributed by atoms with Crippen molar-refractivity contribution in [2.24, 2.45) is 4.99 Å². The maximum atomic E-state index is 12.0. The first kappa shape index (κ1) is 14.5. The van der Waals surface area contributed by atoms with Gasteiger partial charge in [0, 0.05) is 0 Å². The summed E-state index contributed by atoms with van der Waals surface area (Å²) in [6.07, 6.45) is 4.67. The number of aliphatic imine (C=N–C) groups is 1. The molecule has 0 amide bonds. The summed E-state index contributed by atoms with van der Waals surface area (Å²) in [7, 11) is 0. The van der Waals surface area contributed by atoms with Gasteiger partial charge in [0.05, 0.1) is 4.88 Å². The number of thiophene rings is 1. The second-order valence-corrected chi connectivity index (χ2v) is 5.74. The molecule has 0 radical (unpaired) electrons. The van der Waals surface area contributed by atoms with Crippen LogP contribution in [0.25, 0.3) is 6.08 Å². The quantitative estimate of drug-likeness (QED) is 0.619. The molecule has 2 aromatic rings. The Bertz CT molecular complexity index is 756. The van der Waals surface area contributed by atoms with E-state index in [0.717, 1.165) is 22.4 Å². The first-order valence-corrected chi connectivity index (χ1v) is 7.96. The van der Waals surface area contributed by atoms with Crippen LogP contribution in [0.3, 0.4) is 0 Å². The van der Waals surface area contributed by atoms with Gasteiger partial charge < -0.3 is 4.74 Å². The number of cyclic esters (lactones) is 1. The van der Waals surface area contributed by atoms with Gasteiger partial charge in [-0.15, -0.1) is 11.3 Å². The first-order valence-electron chi connectivity index (χ1n) is 7.08. The molecule has 2 heterocycles. The van der Waals surface area contributed by atoms with Crippen LogP contribution in [0.15, 0.2) is 70.2 Å². The number of nitrogens with zero attached hydrogens (tertiary/aromatic N) is 1. The standard InChI is InChI=1S/C18H15NO2S/c1-2-13(11-14-7-4-3-5-8-14)12-15-18(20)21-17(19-15)16-9-6-10-22-16/h3-12H,2H2,1H3/b13-11-,15-12+. The average Bonchev–Trinajstić information content (AvgIpc) is 3.18. The number of carbonyl (C=O) groups is 1. The summed E-state index contributed by atoms with van der Waals surface area (Å²) in [6, 6.07) is 13.8. The van der Waals surface area contributed by atoms with E-state index < -0.39 is 5.97 Å². The number of rotatable bonds is 4. The van der Waals surface area contributed by atoms with E-state index in [4.69, 9.17) is 4.74 Å². The van der Waals surface area contributed by atoms with Crippen molar-refractivity contribution < 1.29 is 9.53 Å². The predicted octanol–water partition coefficient (Wildman–Crippen LogP) is 4.43. The minimum absolute atomic E-state index is 0.354.